The SMILES string of the molecule is c1ccc(OCc2cccc(-c3cccc(COc4ccccc4)n3)n2)cc1. The summed E-state index contributed by atoms with van der Waals surface area (Å²) in [5.41, 5.74) is 3.34. The van der Waals surface area contributed by atoms with Crippen molar-refractivity contribution in [1.82, 2.24) is 9.97 Å². The quantitative estimate of drug-likeness (QED) is 0.444. The number of benzene rings is 2. The van der Waals surface area contributed by atoms with Gasteiger partial charge in [-0.3, -0.25) is 0 Å². The number of pyridine rings is 2. The number of rotatable bonds is 7. The van der Waals surface area contributed by atoms with Crippen LogP contribution in [-0.4, -0.2) is 9.97 Å². The molecule has 0 atom stereocenters. The van der Waals surface area contributed by atoms with Crippen LogP contribution < -0.4 is 9.47 Å². The molecule has 0 spiro atoms. The highest BCUT2D eigenvalue weighted by Crippen LogP contribution is 2.18. The van der Waals surface area contributed by atoms with Gasteiger partial charge in [-0.15, -0.1) is 0 Å². The van der Waals surface area contributed by atoms with Crippen molar-refractivity contribution in [3.8, 4) is 22.9 Å². The van der Waals surface area contributed by atoms with Gasteiger partial charge in [0.25, 0.3) is 0 Å². The Kier molecular flexibility index (Phi) is 5.59. The summed E-state index contributed by atoms with van der Waals surface area (Å²) < 4.78 is 11.6. The number of ether oxygens (including phenoxy) is 2. The van der Waals surface area contributed by atoms with Crippen molar-refractivity contribution in [2.24, 2.45) is 0 Å². The molecule has 4 heteroatoms. The summed E-state index contributed by atoms with van der Waals surface area (Å²) in [4.78, 5) is 9.38. The molecule has 138 valence electrons. The highest BCUT2D eigenvalue weighted by atomic mass is 16.5. The van der Waals surface area contributed by atoms with Gasteiger partial charge in [-0.05, 0) is 48.5 Å². The van der Waals surface area contributed by atoms with Gasteiger partial charge in [0.05, 0.1) is 22.8 Å². The Hall–Kier alpha value is -3.66. The molecule has 0 fully saturated rings. The Morgan fingerprint density at radius 2 is 0.893 bits per heavy atom. The van der Waals surface area contributed by atoms with Gasteiger partial charge in [-0.2, -0.15) is 0 Å². The third-order valence-corrected chi connectivity index (χ3v) is 4.14. The fourth-order valence-electron chi connectivity index (χ4n) is 2.75. The first-order valence-electron chi connectivity index (χ1n) is 9.15. The number of aromatic nitrogens is 2. The Balaban J connectivity index is 1.45. The lowest BCUT2D eigenvalue weighted by Crippen LogP contribution is -2.01. The molecule has 4 rings (SSSR count). The van der Waals surface area contributed by atoms with Gasteiger partial charge in [-0.1, -0.05) is 48.5 Å². The number of nitrogens with zero attached hydrogens (tertiary/aromatic N) is 2. The van der Waals surface area contributed by atoms with Crippen LogP contribution in [0.1, 0.15) is 11.4 Å². The van der Waals surface area contributed by atoms with Crippen LogP contribution in [0.4, 0.5) is 0 Å². The van der Waals surface area contributed by atoms with Crippen molar-refractivity contribution in [3.63, 3.8) is 0 Å². The van der Waals surface area contributed by atoms with E-state index in [0.717, 1.165) is 34.3 Å². The maximum atomic E-state index is 5.79. The van der Waals surface area contributed by atoms with Crippen molar-refractivity contribution in [2.75, 3.05) is 0 Å². The van der Waals surface area contributed by atoms with E-state index in [-0.39, 0.29) is 0 Å². The van der Waals surface area contributed by atoms with Gasteiger partial charge in [0.15, 0.2) is 0 Å². The summed E-state index contributed by atoms with van der Waals surface area (Å²) in [6.45, 7) is 0.823. The summed E-state index contributed by atoms with van der Waals surface area (Å²) in [5.74, 6) is 1.65. The predicted molar refractivity (Wildman–Crippen MR) is 109 cm³/mol. The molecular weight excluding hydrogens is 348 g/mol. The standard InChI is InChI=1S/C24H20N2O2/c1-3-11-21(12-4-1)27-17-19-9-7-15-23(25-19)24-16-8-10-20(26-24)18-28-22-13-5-2-6-14-22/h1-16H,17-18H2. The Morgan fingerprint density at radius 1 is 0.464 bits per heavy atom. The molecule has 0 aliphatic heterocycles. The van der Waals surface area contributed by atoms with Gasteiger partial charge >= 0.3 is 0 Å². The summed E-state index contributed by atoms with van der Waals surface area (Å²) in [6.07, 6.45) is 0. The normalized spacial score (nSPS) is 10.4. The Labute approximate surface area is 164 Å². The second kappa shape index (κ2) is 8.82. The van der Waals surface area contributed by atoms with Crippen molar-refractivity contribution >= 4 is 0 Å². The van der Waals surface area contributed by atoms with Crippen LogP contribution in [0.15, 0.2) is 97.1 Å². The van der Waals surface area contributed by atoms with Crippen LogP contribution in [0.2, 0.25) is 0 Å². The average molecular weight is 368 g/mol. The maximum absolute atomic E-state index is 5.79. The molecule has 0 N–H and O–H groups in total. The highest BCUT2D eigenvalue weighted by Gasteiger charge is 2.05. The van der Waals surface area contributed by atoms with Gasteiger partial charge in [-0.25, -0.2) is 9.97 Å². The monoisotopic (exact) mass is 368 g/mol. The lowest BCUT2D eigenvalue weighted by molar-refractivity contribution is 0.301. The molecule has 2 aromatic heterocycles. The summed E-state index contributed by atoms with van der Waals surface area (Å²) in [6, 6.07) is 31.2. The molecule has 28 heavy (non-hydrogen) atoms. The zero-order chi connectivity index (χ0) is 19.0. The summed E-state index contributed by atoms with van der Waals surface area (Å²) in [5, 5.41) is 0. The van der Waals surface area contributed by atoms with E-state index in [1.165, 1.54) is 0 Å². The van der Waals surface area contributed by atoms with E-state index in [1.54, 1.807) is 0 Å². The number of para-hydroxylation sites is 2. The van der Waals surface area contributed by atoms with Crippen LogP contribution >= 0.6 is 0 Å². The van der Waals surface area contributed by atoms with Crippen LogP contribution in [0.3, 0.4) is 0 Å². The number of hydrogen-bond donors (Lipinski definition) is 0. The van der Waals surface area contributed by atoms with E-state index in [1.807, 2.05) is 97.1 Å². The van der Waals surface area contributed by atoms with Crippen molar-refractivity contribution in [1.29, 1.82) is 0 Å². The average Bonchev–Trinajstić information content (AvgIpc) is 2.78. The number of hydrogen-bond acceptors (Lipinski definition) is 4. The molecule has 0 aliphatic carbocycles. The first-order valence-corrected chi connectivity index (χ1v) is 9.15. The maximum Gasteiger partial charge on any atom is 0.130 e. The fraction of sp³-hybridized carbons (Fsp3) is 0.0833. The first kappa shape index (κ1) is 17.7. The highest BCUT2D eigenvalue weighted by molar-refractivity contribution is 5.54. The van der Waals surface area contributed by atoms with Crippen molar-refractivity contribution in [2.45, 2.75) is 13.2 Å². The minimum absolute atomic E-state index is 0.411. The van der Waals surface area contributed by atoms with Gasteiger partial charge in [0, 0.05) is 0 Å². The van der Waals surface area contributed by atoms with Crippen molar-refractivity contribution in [3.05, 3.63) is 108 Å². The topological polar surface area (TPSA) is 44.2 Å². The second-order valence-corrected chi connectivity index (χ2v) is 6.23. The predicted octanol–water partition coefficient (Wildman–Crippen LogP) is 5.30. The molecule has 0 radical (unpaired) electrons. The molecule has 0 bridgehead atoms. The van der Waals surface area contributed by atoms with Gasteiger partial charge in [0.2, 0.25) is 0 Å². The van der Waals surface area contributed by atoms with E-state index in [0.29, 0.717) is 13.2 Å². The zero-order valence-electron chi connectivity index (χ0n) is 15.4. The Bertz CT molecular complexity index is 936. The second-order valence-electron chi connectivity index (χ2n) is 6.23. The molecule has 4 aromatic rings. The van der Waals surface area contributed by atoms with Crippen LogP contribution in [0, 0.1) is 0 Å². The summed E-state index contributed by atoms with van der Waals surface area (Å²) in [7, 11) is 0. The molecule has 0 saturated heterocycles. The first-order chi connectivity index (χ1) is 13.9. The van der Waals surface area contributed by atoms with Crippen LogP contribution in [0.25, 0.3) is 11.4 Å². The molecule has 0 amide bonds. The van der Waals surface area contributed by atoms with E-state index in [9.17, 15) is 0 Å². The third-order valence-electron chi connectivity index (χ3n) is 4.14. The van der Waals surface area contributed by atoms with Crippen molar-refractivity contribution < 1.29 is 9.47 Å². The molecule has 0 aliphatic rings. The van der Waals surface area contributed by atoms with Gasteiger partial charge in [0.1, 0.15) is 24.7 Å². The smallest absolute Gasteiger partial charge is 0.130 e. The minimum atomic E-state index is 0.411. The minimum Gasteiger partial charge on any atom is -0.487 e. The molecule has 2 heterocycles. The molecule has 0 saturated carbocycles. The Morgan fingerprint density at radius 3 is 1.32 bits per heavy atom. The molecule has 0 unspecified atom stereocenters. The summed E-state index contributed by atoms with van der Waals surface area (Å²) >= 11 is 0. The zero-order valence-corrected chi connectivity index (χ0v) is 15.4. The van der Waals surface area contributed by atoms with E-state index >= 15 is 0 Å². The lowest BCUT2D eigenvalue weighted by Gasteiger charge is -2.09. The molecule has 2 aromatic carbocycles. The van der Waals surface area contributed by atoms with Gasteiger partial charge < -0.3 is 9.47 Å². The molecular formula is C24H20N2O2. The lowest BCUT2D eigenvalue weighted by atomic mass is 10.2. The van der Waals surface area contributed by atoms with Crippen LogP contribution in [-0.2, 0) is 13.2 Å². The van der Waals surface area contributed by atoms with E-state index in [2.05, 4.69) is 9.97 Å². The fourth-order valence-corrected chi connectivity index (χ4v) is 2.75. The van der Waals surface area contributed by atoms with E-state index in [4.69, 9.17) is 9.47 Å². The molecule has 4 nitrogen and oxygen atoms in total. The third kappa shape index (κ3) is 4.74. The van der Waals surface area contributed by atoms with E-state index < -0.39 is 0 Å². The largest absolute Gasteiger partial charge is 0.487 e. The van der Waals surface area contributed by atoms with Crippen LogP contribution in [0.5, 0.6) is 11.5 Å².